The van der Waals surface area contributed by atoms with E-state index in [2.05, 4.69) is 20.4 Å². The van der Waals surface area contributed by atoms with Crippen LogP contribution in [0.1, 0.15) is 18.2 Å². The molecule has 2 heterocycles. The van der Waals surface area contributed by atoms with Crippen molar-refractivity contribution in [1.29, 1.82) is 0 Å². The van der Waals surface area contributed by atoms with E-state index in [1.807, 2.05) is 0 Å². The van der Waals surface area contributed by atoms with Crippen molar-refractivity contribution >= 4 is 39.7 Å². The van der Waals surface area contributed by atoms with Crippen molar-refractivity contribution < 1.29 is 18.0 Å². The maximum absolute atomic E-state index is 12.9. The van der Waals surface area contributed by atoms with Gasteiger partial charge in [0.25, 0.3) is 0 Å². The van der Waals surface area contributed by atoms with E-state index in [0.717, 1.165) is 12.1 Å². The van der Waals surface area contributed by atoms with Crippen molar-refractivity contribution in [1.82, 2.24) is 25.2 Å². The van der Waals surface area contributed by atoms with Crippen molar-refractivity contribution in [3.05, 3.63) is 70.2 Å². The van der Waals surface area contributed by atoms with Crippen molar-refractivity contribution in [2.45, 2.75) is 19.6 Å². The number of aromatic nitrogens is 5. The van der Waals surface area contributed by atoms with E-state index in [9.17, 15) is 18.0 Å². The average Bonchev–Trinajstić information content (AvgIpc) is 3.38. The van der Waals surface area contributed by atoms with E-state index in [4.69, 9.17) is 11.6 Å². The minimum absolute atomic E-state index is 0.0656. The molecule has 164 valence electrons. The Bertz CT molecular complexity index is 1270. The summed E-state index contributed by atoms with van der Waals surface area (Å²) in [5.74, 6) is -0.172. The second kappa shape index (κ2) is 8.67. The molecule has 0 atom stereocenters. The molecule has 0 unspecified atom stereocenters. The van der Waals surface area contributed by atoms with Crippen LogP contribution in [-0.2, 0) is 17.5 Å². The quantitative estimate of drug-likeness (QED) is 0.394. The fourth-order valence-corrected chi connectivity index (χ4v) is 3.98. The highest BCUT2D eigenvalue weighted by Crippen LogP contribution is 2.32. The number of anilines is 2. The average molecular weight is 479 g/mol. The number of benzene rings is 2. The lowest BCUT2D eigenvalue weighted by atomic mass is 10.1. The van der Waals surface area contributed by atoms with E-state index in [1.165, 1.54) is 40.1 Å². The molecule has 0 saturated heterocycles. The number of tetrazole rings is 1. The molecule has 0 spiro atoms. The highest BCUT2D eigenvalue weighted by Gasteiger charge is 2.30. The van der Waals surface area contributed by atoms with Crippen molar-refractivity contribution in [2.75, 3.05) is 4.90 Å². The molecule has 0 aliphatic heterocycles. The van der Waals surface area contributed by atoms with Crippen LogP contribution < -0.4 is 4.90 Å². The first-order valence-electron chi connectivity index (χ1n) is 9.17. The summed E-state index contributed by atoms with van der Waals surface area (Å²) in [5.41, 5.74) is 0.553. The Morgan fingerprint density at radius 2 is 1.97 bits per heavy atom. The van der Waals surface area contributed by atoms with Crippen LogP contribution in [0.15, 0.2) is 53.9 Å². The number of alkyl halides is 3. The maximum Gasteiger partial charge on any atom is 0.416 e. The van der Waals surface area contributed by atoms with Gasteiger partial charge in [0.15, 0.2) is 5.13 Å². The molecular weight excluding hydrogens is 465 g/mol. The number of halogens is 4. The number of carbonyl (C=O) groups is 1. The number of carbonyl (C=O) groups excluding carboxylic acids is 1. The fourth-order valence-electron chi connectivity index (χ4n) is 2.92. The third-order valence-corrected chi connectivity index (χ3v) is 5.43. The summed E-state index contributed by atoms with van der Waals surface area (Å²) in [6, 6.07) is 11.6. The standard InChI is InChI=1S/C20H14ClF3N6OS/c1-12(31)30(17-7-3-6-15(21)9-17)19-25-16(11-32-19)10-29-27-18(26-28-29)13-4-2-5-14(8-13)20(22,23)24/h2-9,11H,10H2,1H3. The van der Waals surface area contributed by atoms with Crippen molar-refractivity contribution in [3.63, 3.8) is 0 Å². The Balaban J connectivity index is 1.55. The zero-order valence-corrected chi connectivity index (χ0v) is 18.0. The van der Waals surface area contributed by atoms with E-state index in [-0.39, 0.29) is 23.8 Å². The van der Waals surface area contributed by atoms with Gasteiger partial charge in [0.2, 0.25) is 11.7 Å². The first kappa shape index (κ1) is 21.9. The first-order chi connectivity index (χ1) is 15.2. The molecular formula is C20H14ClF3N6OS. The Morgan fingerprint density at radius 1 is 1.19 bits per heavy atom. The lowest BCUT2D eigenvalue weighted by Gasteiger charge is -2.18. The molecule has 0 bridgehead atoms. The normalized spacial score (nSPS) is 11.5. The molecule has 4 aromatic rings. The lowest BCUT2D eigenvalue weighted by Crippen LogP contribution is -2.22. The second-order valence-corrected chi connectivity index (χ2v) is 7.95. The van der Waals surface area contributed by atoms with Crippen LogP contribution >= 0.6 is 22.9 Å². The largest absolute Gasteiger partial charge is 0.416 e. The molecule has 0 aliphatic rings. The fraction of sp³-hybridized carbons (Fsp3) is 0.150. The predicted molar refractivity (Wildman–Crippen MR) is 114 cm³/mol. The smallest absolute Gasteiger partial charge is 0.274 e. The minimum Gasteiger partial charge on any atom is -0.274 e. The van der Waals surface area contributed by atoms with E-state index in [1.54, 1.807) is 29.6 Å². The number of thiazole rings is 1. The summed E-state index contributed by atoms with van der Waals surface area (Å²) < 4.78 is 38.8. The van der Waals surface area contributed by atoms with Crippen LogP contribution in [0, 0.1) is 0 Å². The number of rotatable bonds is 5. The predicted octanol–water partition coefficient (Wildman–Crippen LogP) is 5.20. The van der Waals surface area contributed by atoms with Gasteiger partial charge in [0, 0.05) is 22.9 Å². The van der Waals surface area contributed by atoms with Crippen LogP contribution in [0.4, 0.5) is 24.0 Å². The number of hydrogen-bond acceptors (Lipinski definition) is 6. The van der Waals surface area contributed by atoms with Gasteiger partial charge in [-0.3, -0.25) is 9.69 Å². The van der Waals surface area contributed by atoms with Gasteiger partial charge in [-0.2, -0.15) is 18.0 Å². The lowest BCUT2D eigenvalue weighted by molar-refractivity contribution is -0.137. The highest BCUT2D eigenvalue weighted by molar-refractivity contribution is 7.14. The summed E-state index contributed by atoms with van der Waals surface area (Å²) in [6.07, 6.45) is -4.46. The van der Waals surface area contributed by atoms with E-state index >= 15 is 0 Å². The number of nitrogens with zero attached hydrogens (tertiary/aromatic N) is 6. The summed E-state index contributed by atoms with van der Waals surface area (Å²) >= 11 is 7.29. The molecule has 2 aromatic heterocycles. The molecule has 0 saturated carbocycles. The van der Waals surface area contributed by atoms with Crippen molar-refractivity contribution in [3.8, 4) is 11.4 Å². The van der Waals surface area contributed by atoms with Gasteiger partial charge in [0.05, 0.1) is 16.9 Å². The Labute approximate surface area is 189 Å². The van der Waals surface area contributed by atoms with E-state index < -0.39 is 11.7 Å². The Hall–Kier alpha value is -3.31. The summed E-state index contributed by atoms with van der Waals surface area (Å²) in [7, 11) is 0. The molecule has 0 aliphatic carbocycles. The van der Waals surface area contributed by atoms with Gasteiger partial charge in [-0.15, -0.1) is 21.5 Å². The molecule has 0 radical (unpaired) electrons. The van der Waals surface area contributed by atoms with Gasteiger partial charge in [0.1, 0.15) is 6.54 Å². The molecule has 2 aromatic carbocycles. The molecule has 7 nitrogen and oxygen atoms in total. The molecule has 32 heavy (non-hydrogen) atoms. The van der Waals surface area contributed by atoms with E-state index in [0.29, 0.717) is 21.5 Å². The van der Waals surface area contributed by atoms with Gasteiger partial charge < -0.3 is 0 Å². The molecule has 4 rings (SSSR count). The molecule has 12 heteroatoms. The van der Waals surface area contributed by atoms with Gasteiger partial charge in [-0.25, -0.2) is 4.98 Å². The zero-order chi connectivity index (χ0) is 22.9. The zero-order valence-electron chi connectivity index (χ0n) is 16.4. The molecule has 0 fully saturated rings. The van der Waals surface area contributed by atoms with Gasteiger partial charge >= 0.3 is 6.18 Å². The Kier molecular flexibility index (Phi) is 5.94. The SMILES string of the molecule is CC(=O)N(c1cccc(Cl)c1)c1nc(Cn2nnc(-c3cccc(C(F)(F)F)c3)n2)cs1. The number of amides is 1. The van der Waals surface area contributed by atoms with Gasteiger partial charge in [-0.1, -0.05) is 29.8 Å². The van der Waals surface area contributed by atoms with Crippen LogP contribution in [0.25, 0.3) is 11.4 Å². The topological polar surface area (TPSA) is 76.8 Å². The second-order valence-electron chi connectivity index (χ2n) is 6.68. The third kappa shape index (κ3) is 4.78. The maximum atomic E-state index is 12.9. The molecule has 0 N–H and O–H groups in total. The summed E-state index contributed by atoms with van der Waals surface area (Å²) in [6.45, 7) is 1.55. The van der Waals surface area contributed by atoms with Gasteiger partial charge in [-0.05, 0) is 35.5 Å². The van der Waals surface area contributed by atoms with Crippen molar-refractivity contribution in [2.24, 2.45) is 0 Å². The van der Waals surface area contributed by atoms with Crippen LogP contribution in [-0.4, -0.2) is 31.1 Å². The van der Waals surface area contributed by atoms with Crippen LogP contribution in [0.3, 0.4) is 0 Å². The highest BCUT2D eigenvalue weighted by atomic mass is 35.5. The summed E-state index contributed by atoms with van der Waals surface area (Å²) in [5, 5.41) is 14.6. The third-order valence-electron chi connectivity index (χ3n) is 4.32. The Morgan fingerprint density at radius 3 is 2.69 bits per heavy atom. The van der Waals surface area contributed by atoms with Crippen LogP contribution in [0.2, 0.25) is 5.02 Å². The number of hydrogen-bond donors (Lipinski definition) is 0. The minimum atomic E-state index is -4.46. The monoisotopic (exact) mass is 478 g/mol. The van der Waals surface area contributed by atoms with Crippen LogP contribution in [0.5, 0.6) is 0 Å². The molecule has 1 amide bonds. The summed E-state index contributed by atoms with van der Waals surface area (Å²) in [4.78, 5) is 19.3. The first-order valence-corrected chi connectivity index (χ1v) is 10.4.